The van der Waals surface area contributed by atoms with Gasteiger partial charge in [0, 0.05) is 30.1 Å². The Kier molecular flexibility index (Phi) is 17.3. The molecule has 2 spiro atoms. The second kappa shape index (κ2) is 21.8. The fraction of sp³-hybridized carbons (Fsp3) is 0.788. The Hall–Kier alpha value is -2.95. The second-order valence-corrected chi connectivity index (χ2v) is 20.8. The van der Waals surface area contributed by atoms with Gasteiger partial charge in [-0.05, 0) is 95.1 Å². The lowest BCUT2D eigenvalue weighted by atomic mass is 9.72. The number of nitrogens with one attached hydrogen (secondary N) is 1. The average Bonchev–Trinajstić information content (AvgIpc) is 3.64. The number of carbonyl (C=O) groups excluding carboxylic acids is 2. The van der Waals surface area contributed by atoms with Crippen LogP contribution in [0.5, 0.6) is 0 Å². The van der Waals surface area contributed by atoms with Crippen LogP contribution < -0.4 is 5.32 Å². The highest BCUT2D eigenvalue weighted by Gasteiger charge is 2.63. The van der Waals surface area contributed by atoms with Crippen LogP contribution in [0, 0.1) is 41.4 Å². The van der Waals surface area contributed by atoms with E-state index in [9.17, 15) is 29.7 Å². The molecule has 0 aliphatic carbocycles. The van der Waals surface area contributed by atoms with Crippen LogP contribution in [0.4, 0.5) is 4.79 Å². The lowest BCUT2D eigenvalue weighted by molar-refractivity contribution is -0.398. The quantitative estimate of drug-likeness (QED) is 0.0817. The molecule has 0 saturated carbocycles. The van der Waals surface area contributed by atoms with Gasteiger partial charge in [-0.15, -0.1) is 0 Å². The second-order valence-electron chi connectivity index (χ2n) is 20.8. The molecule has 4 N–H and O–H groups in total. The SMILES string of the molecule is CC[C@@H](C(=O)[C@@H](C)[C@@H](O)[C@H](C)[C@@H]1O[C@@H]([C@@H](CC)C(=O)O)CC[C@@H]1C)[C@H]1O[C@]2(C=CC(NC(=O)OCCOCc3ccccc3)[C@]3(CC[C@@](C)([C@H]4CC[C@](O)(CC)[C@H](C)O4)O3)O2)[C@H](C)C[C@@H]1C. The molecule has 4 saturated heterocycles. The first-order chi connectivity index (χ1) is 31.3. The number of benzene rings is 1. The molecule has 66 heavy (non-hydrogen) atoms. The number of aliphatic hydroxyl groups excluding tert-OH is 1. The van der Waals surface area contributed by atoms with E-state index in [1.165, 1.54) is 0 Å². The summed E-state index contributed by atoms with van der Waals surface area (Å²) in [6.45, 7) is 20.2. The lowest BCUT2D eigenvalue weighted by Crippen LogP contribution is -2.65. The van der Waals surface area contributed by atoms with E-state index in [0.717, 1.165) is 12.0 Å². The molecule has 5 aliphatic heterocycles. The third-order valence-electron chi connectivity index (χ3n) is 16.3. The van der Waals surface area contributed by atoms with Crippen molar-refractivity contribution in [1.29, 1.82) is 0 Å². The minimum atomic E-state index is -1.41. The fourth-order valence-electron chi connectivity index (χ4n) is 11.8. The zero-order valence-electron chi connectivity index (χ0n) is 41.2. The van der Waals surface area contributed by atoms with Crippen molar-refractivity contribution in [2.75, 3.05) is 13.2 Å². The normalized spacial score (nSPS) is 39.2. The number of carboxylic acid groups (broad SMARTS) is 1. The van der Waals surface area contributed by atoms with Crippen molar-refractivity contribution in [3.63, 3.8) is 0 Å². The predicted molar refractivity (Wildman–Crippen MR) is 247 cm³/mol. The number of aliphatic carboxylic acids is 1. The summed E-state index contributed by atoms with van der Waals surface area (Å²) in [5.74, 6) is -6.27. The van der Waals surface area contributed by atoms with Gasteiger partial charge in [0.05, 0.1) is 67.0 Å². The summed E-state index contributed by atoms with van der Waals surface area (Å²) in [6.07, 6.45) is 5.45. The van der Waals surface area contributed by atoms with Crippen LogP contribution in [0.3, 0.4) is 0 Å². The number of Topliss-reactive ketones (excluding diaryl/α,β-unsaturated/α-hetero) is 1. The van der Waals surface area contributed by atoms with Crippen LogP contribution in [-0.4, -0.2) is 112 Å². The van der Waals surface area contributed by atoms with Crippen LogP contribution in [0.15, 0.2) is 42.5 Å². The number of ketones is 1. The van der Waals surface area contributed by atoms with Gasteiger partial charge in [0.15, 0.2) is 11.6 Å². The highest BCUT2D eigenvalue weighted by molar-refractivity contribution is 5.84. The van der Waals surface area contributed by atoms with Crippen molar-refractivity contribution in [1.82, 2.24) is 5.32 Å². The largest absolute Gasteiger partial charge is 0.481 e. The third kappa shape index (κ3) is 11.1. The van der Waals surface area contributed by atoms with Gasteiger partial charge < -0.3 is 53.8 Å². The smallest absolute Gasteiger partial charge is 0.407 e. The molecular weight excluding hydrogens is 847 g/mol. The van der Waals surface area contributed by atoms with Crippen molar-refractivity contribution in [3.05, 3.63) is 48.0 Å². The first kappa shape index (κ1) is 52.4. The van der Waals surface area contributed by atoms with Gasteiger partial charge in [-0.2, -0.15) is 0 Å². The Balaban J connectivity index is 1.20. The molecule has 0 radical (unpaired) electrons. The number of carbonyl (C=O) groups is 3. The summed E-state index contributed by atoms with van der Waals surface area (Å²) in [4.78, 5) is 40.3. The van der Waals surface area contributed by atoms with Gasteiger partial charge in [0.1, 0.15) is 18.4 Å². The highest BCUT2D eigenvalue weighted by atomic mass is 16.8. The Bertz CT molecular complexity index is 1810. The molecule has 372 valence electrons. The van der Waals surface area contributed by atoms with E-state index in [1.54, 1.807) is 6.92 Å². The van der Waals surface area contributed by atoms with E-state index in [-0.39, 0.29) is 42.9 Å². The van der Waals surface area contributed by atoms with E-state index >= 15 is 0 Å². The molecule has 4 fully saturated rings. The minimum Gasteiger partial charge on any atom is -0.481 e. The number of hydrogen-bond acceptors (Lipinski definition) is 12. The molecule has 5 aliphatic rings. The molecule has 1 amide bonds. The van der Waals surface area contributed by atoms with E-state index in [1.807, 2.05) is 84.0 Å². The third-order valence-corrected chi connectivity index (χ3v) is 16.3. The van der Waals surface area contributed by atoms with E-state index in [0.29, 0.717) is 64.4 Å². The number of amides is 1. The summed E-state index contributed by atoms with van der Waals surface area (Å²) >= 11 is 0. The lowest BCUT2D eigenvalue weighted by Gasteiger charge is -2.55. The molecule has 1 aromatic carbocycles. The number of rotatable bonds is 18. The summed E-state index contributed by atoms with van der Waals surface area (Å²) in [5, 5.41) is 36.0. The van der Waals surface area contributed by atoms with Gasteiger partial charge in [-0.3, -0.25) is 9.59 Å². The number of alkyl carbamates (subject to hydrolysis) is 1. The maximum Gasteiger partial charge on any atom is 0.407 e. The monoisotopic (exact) mass is 928 g/mol. The van der Waals surface area contributed by atoms with Crippen molar-refractivity contribution in [2.24, 2.45) is 41.4 Å². The number of aliphatic hydroxyl groups is 2. The van der Waals surface area contributed by atoms with Crippen molar-refractivity contribution < 1.29 is 62.9 Å². The molecule has 1 aromatic rings. The van der Waals surface area contributed by atoms with Gasteiger partial charge in [-0.25, -0.2) is 4.79 Å². The van der Waals surface area contributed by atoms with E-state index in [4.69, 9.17) is 33.2 Å². The first-order valence-corrected chi connectivity index (χ1v) is 25.1. The predicted octanol–water partition coefficient (Wildman–Crippen LogP) is 8.14. The summed E-state index contributed by atoms with van der Waals surface area (Å²) in [7, 11) is 0. The highest BCUT2D eigenvalue weighted by Crippen LogP contribution is 2.54. The van der Waals surface area contributed by atoms with Crippen molar-refractivity contribution >= 4 is 17.8 Å². The summed E-state index contributed by atoms with van der Waals surface area (Å²) < 4.78 is 45.9. The minimum absolute atomic E-state index is 0.0366. The van der Waals surface area contributed by atoms with Crippen LogP contribution in [0.1, 0.15) is 139 Å². The summed E-state index contributed by atoms with van der Waals surface area (Å²) in [6, 6.07) is 8.99. The van der Waals surface area contributed by atoms with Crippen LogP contribution in [-0.2, 0) is 49.4 Å². The maximum atomic E-state index is 14.7. The Morgan fingerprint density at radius 3 is 2.24 bits per heavy atom. The molecule has 1 unspecified atom stereocenters. The van der Waals surface area contributed by atoms with Crippen LogP contribution in [0.25, 0.3) is 0 Å². The number of carboxylic acids is 1. The van der Waals surface area contributed by atoms with Crippen molar-refractivity contribution in [2.45, 2.75) is 205 Å². The topological polar surface area (TPSA) is 189 Å². The molecule has 14 heteroatoms. The zero-order valence-corrected chi connectivity index (χ0v) is 41.2. The molecule has 6 rings (SSSR count). The molecule has 14 nitrogen and oxygen atoms in total. The first-order valence-electron chi connectivity index (χ1n) is 25.1. The van der Waals surface area contributed by atoms with Crippen LogP contribution in [0.2, 0.25) is 0 Å². The maximum absolute atomic E-state index is 14.7. The molecule has 0 aromatic heterocycles. The van der Waals surface area contributed by atoms with Gasteiger partial charge >= 0.3 is 12.1 Å². The standard InChI is InChI=1S/C52H81NO13/c1-11-38(47(56)57)40-20-19-31(4)45(63-40)35(8)43(54)34(7)44(55)39(12-2)46-32(5)29-33(6)51(64-46)24-21-41(53-48(58)61-28-27-60-30-37-17-15-14-16-18-37)52(66-51)26-25-49(10,65-52)42-22-23-50(59,13-3)36(9)62-42/h14-18,21,24,31-36,38-43,45-46,54,59H,11-13,19-20,22-23,25-30H2,1-10H3,(H,53,58)(H,56,57)/t31-,32-,33+,34-,35-,36-,38+,39-,40+,41?,42+,43+,45+,46-,49-,50+,51-,52-/m0/s1. The summed E-state index contributed by atoms with van der Waals surface area (Å²) in [5.41, 5.74) is -0.758. The Labute approximate surface area is 393 Å². The van der Waals surface area contributed by atoms with E-state index in [2.05, 4.69) is 26.1 Å². The van der Waals surface area contributed by atoms with Gasteiger partial charge in [0.2, 0.25) is 0 Å². The van der Waals surface area contributed by atoms with Gasteiger partial charge in [0.25, 0.3) is 0 Å². The fourth-order valence-corrected chi connectivity index (χ4v) is 11.8. The molecule has 0 bridgehead atoms. The average molecular weight is 928 g/mol. The zero-order chi connectivity index (χ0) is 48.2. The number of ether oxygens (including phenoxy) is 7. The molecular formula is C52H81NO13. The van der Waals surface area contributed by atoms with Crippen molar-refractivity contribution in [3.8, 4) is 0 Å². The number of hydrogen-bond donors (Lipinski definition) is 4. The molecule has 5 heterocycles. The van der Waals surface area contributed by atoms with Gasteiger partial charge in [-0.1, -0.05) is 91.8 Å². The Morgan fingerprint density at radius 2 is 1.59 bits per heavy atom. The Morgan fingerprint density at radius 1 is 0.879 bits per heavy atom. The van der Waals surface area contributed by atoms with Crippen LogP contribution >= 0.6 is 0 Å². The molecule has 18 atom stereocenters. The van der Waals surface area contributed by atoms with E-state index < -0.39 is 95.1 Å².